The molecule has 0 radical (unpaired) electrons. The maximum atomic E-state index is 4.08. The van der Waals surface area contributed by atoms with Gasteiger partial charge in [0.2, 0.25) is 0 Å². The first kappa shape index (κ1) is 8.54. The van der Waals surface area contributed by atoms with Gasteiger partial charge in [0.15, 0.2) is 0 Å². The van der Waals surface area contributed by atoms with Gasteiger partial charge in [0.05, 0.1) is 5.69 Å². The van der Waals surface area contributed by atoms with Gasteiger partial charge in [-0.3, -0.25) is 4.98 Å². The lowest BCUT2D eigenvalue weighted by Crippen LogP contribution is -2.15. The molecule has 2 nitrogen and oxygen atoms in total. The maximum Gasteiger partial charge on any atom is 0.0528 e. The van der Waals surface area contributed by atoms with Crippen molar-refractivity contribution in [3.8, 4) is 0 Å². The van der Waals surface area contributed by atoms with Crippen molar-refractivity contribution >= 4 is 5.69 Å². The van der Waals surface area contributed by atoms with Crippen molar-refractivity contribution in [3.05, 3.63) is 24.5 Å². The molecule has 1 fully saturated rings. The zero-order valence-corrected chi connectivity index (χ0v) is 8.03. The number of hydrogen-bond acceptors (Lipinski definition) is 2. The minimum Gasteiger partial charge on any atom is -0.381 e. The van der Waals surface area contributed by atoms with Crippen LogP contribution in [0.25, 0.3) is 0 Å². The van der Waals surface area contributed by atoms with E-state index in [4.69, 9.17) is 0 Å². The highest BCUT2D eigenvalue weighted by atomic mass is 14.9. The van der Waals surface area contributed by atoms with Gasteiger partial charge < -0.3 is 5.32 Å². The van der Waals surface area contributed by atoms with Crippen molar-refractivity contribution in [2.45, 2.75) is 32.2 Å². The van der Waals surface area contributed by atoms with Gasteiger partial charge in [0, 0.05) is 18.4 Å². The number of rotatable bonds is 2. The van der Waals surface area contributed by atoms with E-state index in [0.29, 0.717) is 6.04 Å². The molecule has 0 amide bonds. The van der Waals surface area contributed by atoms with E-state index in [1.54, 1.807) is 0 Å². The normalized spacial score (nSPS) is 27.5. The molecule has 0 aromatic carbocycles. The summed E-state index contributed by atoms with van der Waals surface area (Å²) < 4.78 is 0. The van der Waals surface area contributed by atoms with Crippen molar-refractivity contribution < 1.29 is 0 Å². The molecule has 1 aromatic heterocycles. The summed E-state index contributed by atoms with van der Waals surface area (Å²) in [5, 5.41) is 3.51. The van der Waals surface area contributed by atoms with Crippen molar-refractivity contribution in [1.29, 1.82) is 0 Å². The Morgan fingerprint density at radius 1 is 1.46 bits per heavy atom. The highest BCUT2D eigenvalue weighted by Gasteiger charge is 2.20. The molecular formula is C11H16N2. The van der Waals surface area contributed by atoms with Crippen LogP contribution in [0, 0.1) is 5.92 Å². The molecule has 0 saturated heterocycles. The third-order valence-corrected chi connectivity index (χ3v) is 2.73. The van der Waals surface area contributed by atoms with E-state index < -0.39 is 0 Å². The summed E-state index contributed by atoms with van der Waals surface area (Å²) >= 11 is 0. The second-order valence-electron chi connectivity index (χ2n) is 4.00. The van der Waals surface area contributed by atoms with Gasteiger partial charge >= 0.3 is 0 Å². The molecule has 13 heavy (non-hydrogen) atoms. The third-order valence-electron chi connectivity index (χ3n) is 2.73. The van der Waals surface area contributed by atoms with Gasteiger partial charge in [-0.05, 0) is 37.3 Å². The molecule has 0 spiro atoms. The zero-order valence-electron chi connectivity index (χ0n) is 8.03. The lowest BCUT2D eigenvalue weighted by Gasteiger charge is -2.12. The summed E-state index contributed by atoms with van der Waals surface area (Å²) in [6.45, 7) is 2.32. The summed E-state index contributed by atoms with van der Waals surface area (Å²) in [5.41, 5.74) is 1.15. The first-order chi connectivity index (χ1) is 6.34. The van der Waals surface area contributed by atoms with Crippen LogP contribution < -0.4 is 5.32 Å². The van der Waals surface area contributed by atoms with E-state index in [-0.39, 0.29) is 0 Å². The Labute approximate surface area is 79.4 Å². The minimum absolute atomic E-state index is 0.666. The van der Waals surface area contributed by atoms with Crippen LogP contribution in [0.1, 0.15) is 26.2 Å². The fraction of sp³-hybridized carbons (Fsp3) is 0.545. The fourth-order valence-electron chi connectivity index (χ4n) is 2.02. The van der Waals surface area contributed by atoms with E-state index in [9.17, 15) is 0 Å². The lowest BCUT2D eigenvalue weighted by atomic mass is 10.1. The second-order valence-corrected chi connectivity index (χ2v) is 4.00. The van der Waals surface area contributed by atoms with E-state index in [1.165, 1.54) is 19.3 Å². The predicted octanol–water partition coefficient (Wildman–Crippen LogP) is 2.68. The van der Waals surface area contributed by atoms with Gasteiger partial charge in [-0.15, -0.1) is 0 Å². The SMILES string of the molecule is CC1CCC(Nc2cccnc2)C1. The van der Waals surface area contributed by atoms with Crippen LogP contribution in [0.15, 0.2) is 24.5 Å². The largest absolute Gasteiger partial charge is 0.381 e. The summed E-state index contributed by atoms with van der Waals surface area (Å²) in [4.78, 5) is 4.08. The van der Waals surface area contributed by atoms with Crippen LogP contribution in [-0.2, 0) is 0 Å². The van der Waals surface area contributed by atoms with Gasteiger partial charge in [-0.1, -0.05) is 6.92 Å². The Bertz CT molecular complexity index is 258. The van der Waals surface area contributed by atoms with Crippen LogP contribution in [0.4, 0.5) is 5.69 Å². The Hall–Kier alpha value is -1.05. The molecule has 2 rings (SSSR count). The summed E-state index contributed by atoms with van der Waals surface area (Å²) in [7, 11) is 0. The molecule has 2 atom stereocenters. The van der Waals surface area contributed by atoms with Crippen molar-refractivity contribution in [3.63, 3.8) is 0 Å². The monoisotopic (exact) mass is 176 g/mol. The van der Waals surface area contributed by atoms with E-state index >= 15 is 0 Å². The number of nitrogens with zero attached hydrogens (tertiary/aromatic N) is 1. The number of nitrogens with one attached hydrogen (secondary N) is 1. The predicted molar refractivity (Wildman–Crippen MR) is 54.7 cm³/mol. The molecule has 0 aliphatic heterocycles. The van der Waals surface area contributed by atoms with Crippen LogP contribution >= 0.6 is 0 Å². The van der Waals surface area contributed by atoms with Crippen molar-refractivity contribution in [1.82, 2.24) is 4.98 Å². The summed E-state index contributed by atoms with van der Waals surface area (Å²) in [6, 6.07) is 4.72. The maximum absolute atomic E-state index is 4.08. The van der Waals surface area contributed by atoms with Crippen LogP contribution in [0.3, 0.4) is 0 Å². The molecule has 2 heteroatoms. The molecule has 1 aliphatic rings. The number of pyridine rings is 1. The average molecular weight is 176 g/mol. The van der Waals surface area contributed by atoms with Crippen LogP contribution in [0.5, 0.6) is 0 Å². The topological polar surface area (TPSA) is 24.9 Å². The molecule has 1 heterocycles. The standard InChI is InChI=1S/C11H16N2/c1-9-4-5-10(7-9)13-11-3-2-6-12-8-11/h2-3,6,8-10,13H,4-5,7H2,1H3. The quantitative estimate of drug-likeness (QED) is 0.749. The highest BCUT2D eigenvalue weighted by molar-refractivity contribution is 5.40. The number of hydrogen-bond donors (Lipinski definition) is 1. The summed E-state index contributed by atoms with van der Waals surface area (Å²) in [5.74, 6) is 0.883. The molecule has 1 N–H and O–H groups in total. The molecule has 1 aliphatic carbocycles. The summed E-state index contributed by atoms with van der Waals surface area (Å²) in [6.07, 6.45) is 7.66. The first-order valence-corrected chi connectivity index (χ1v) is 5.01. The molecule has 0 bridgehead atoms. The Morgan fingerprint density at radius 3 is 3.00 bits per heavy atom. The van der Waals surface area contributed by atoms with Gasteiger partial charge in [0.1, 0.15) is 0 Å². The Balaban J connectivity index is 1.92. The number of anilines is 1. The number of aromatic nitrogens is 1. The van der Waals surface area contributed by atoms with E-state index in [1.807, 2.05) is 18.5 Å². The highest BCUT2D eigenvalue weighted by Crippen LogP contribution is 2.26. The molecular weight excluding hydrogens is 160 g/mol. The Morgan fingerprint density at radius 2 is 2.38 bits per heavy atom. The first-order valence-electron chi connectivity index (χ1n) is 5.01. The minimum atomic E-state index is 0.666. The fourth-order valence-corrected chi connectivity index (χ4v) is 2.02. The molecule has 70 valence electrons. The van der Waals surface area contributed by atoms with Crippen molar-refractivity contribution in [2.24, 2.45) is 5.92 Å². The molecule has 1 aromatic rings. The third kappa shape index (κ3) is 2.20. The molecule has 1 saturated carbocycles. The van der Waals surface area contributed by atoms with E-state index in [0.717, 1.165) is 11.6 Å². The lowest BCUT2D eigenvalue weighted by molar-refractivity contribution is 0.602. The second kappa shape index (κ2) is 3.77. The molecule has 2 unspecified atom stereocenters. The van der Waals surface area contributed by atoms with Crippen molar-refractivity contribution in [2.75, 3.05) is 5.32 Å². The average Bonchev–Trinajstić information content (AvgIpc) is 2.53. The van der Waals surface area contributed by atoms with E-state index in [2.05, 4.69) is 23.3 Å². The van der Waals surface area contributed by atoms with Gasteiger partial charge in [0.25, 0.3) is 0 Å². The Kier molecular flexibility index (Phi) is 2.48. The van der Waals surface area contributed by atoms with Crippen LogP contribution in [-0.4, -0.2) is 11.0 Å². The smallest absolute Gasteiger partial charge is 0.0528 e. The van der Waals surface area contributed by atoms with Gasteiger partial charge in [-0.25, -0.2) is 0 Å². The van der Waals surface area contributed by atoms with Gasteiger partial charge in [-0.2, -0.15) is 0 Å². The zero-order chi connectivity index (χ0) is 9.10. The van der Waals surface area contributed by atoms with Crippen LogP contribution in [0.2, 0.25) is 0 Å².